The van der Waals surface area contributed by atoms with E-state index < -0.39 is 10.0 Å². The van der Waals surface area contributed by atoms with Crippen LogP contribution < -0.4 is 5.14 Å². The molecule has 1 aromatic carbocycles. The van der Waals surface area contributed by atoms with E-state index in [1.54, 1.807) is 6.07 Å². The lowest BCUT2D eigenvalue weighted by molar-refractivity contribution is 0.597. The van der Waals surface area contributed by atoms with E-state index in [9.17, 15) is 8.42 Å². The largest absolute Gasteiger partial charge is 0.228 e. The summed E-state index contributed by atoms with van der Waals surface area (Å²) >= 11 is 3.27. The molecule has 0 aromatic heterocycles. The van der Waals surface area contributed by atoms with Gasteiger partial charge in [0.1, 0.15) is 0 Å². The molecule has 1 rings (SSSR count). The van der Waals surface area contributed by atoms with E-state index in [1.165, 1.54) is 0 Å². The SMILES string of the molecule is Cc1ccc(Br)cc1CS(N)(=O)=O. The summed E-state index contributed by atoms with van der Waals surface area (Å²) in [5.74, 6) is -0.113. The van der Waals surface area contributed by atoms with Crippen LogP contribution in [0.1, 0.15) is 11.1 Å². The molecule has 5 heteroatoms. The number of hydrogen-bond acceptors (Lipinski definition) is 2. The van der Waals surface area contributed by atoms with Crippen LogP contribution in [0, 0.1) is 6.92 Å². The van der Waals surface area contributed by atoms with E-state index in [2.05, 4.69) is 15.9 Å². The molecule has 0 aliphatic heterocycles. The predicted molar refractivity (Wildman–Crippen MR) is 55.7 cm³/mol. The summed E-state index contributed by atoms with van der Waals surface area (Å²) in [6.45, 7) is 1.85. The molecule has 0 bridgehead atoms. The minimum Gasteiger partial charge on any atom is -0.228 e. The van der Waals surface area contributed by atoms with Crippen LogP contribution in [0.4, 0.5) is 0 Å². The average molecular weight is 264 g/mol. The van der Waals surface area contributed by atoms with Crippen LogP contribution in [-0.4, -0.2) is 8.42 Å². The van der Waals surface area contributed by atoms with Crippen molar-refractivity contribution in [3.05, 3.63) is 33.8 Å². The number of sulfonamides is 1. The lowest BCUT2D eigenvalue weighted by atomic mass is 10.1. The third-order valence-corrected chi connectivity index (χ3v) is 2.87. The van der Waals surface area contributed by atoms with E-state index in [0.717, 1.165) is 15.6 Å². The first-order valence-corrected chi connectivity index (χ1v) is 6.15. The van der Waals surface area contributed by atoms with Crippen molar-refractivity contribution in [2.24, 2.45) is 5.14 Å². The Morgan fingerprint density at radius 1 is 1.46 bits per heavy atom. The van der Waals surface area contributed by atoms with Crippen LogP contribution in [0.2, 0.25) is 0 Å². The summed E-state index contributed by atoms with van der Waals surface area (Å²) in [5, 5.41) is 4.94. The zero-order valence-electron chi connectivity index (χ0n) is 7.12. The second-order valence-electron chi connectivity index (χ2n) is 2.88. The van der Waals surface area contributed by atoms with Gasteiger partial charge < -0.3 is 0 Å². The maximum absolute atomic E-state index is 10.8. The topological polar surface area (TPSA) is 60.2 Å². The van der Waals surface area contributed by atoms with Crippen LogP contribution in [0.25, 0.3) is 0 Å². The van der Waals surface area contributed by atoms with Crippen molar-refractivity contribution >= 4 is 26.0 Å². The molecule has 72 valence electrons. The van der Waals surface area contributed by atoms with Gasteiger partial charge in [-0.2, -0.15) is 0 Å². The molecule has 2 N–H and O–H groups in total. The van der Waals surface area contributed by atoms with E-state index >= 15 is 0 Å². The summed E-state index contributed by atoms with van der Waals surface area (Å²) in [5.41, 5.74) is 1.66. The molecule has 0 aliphatic rings. The Hall–Kier alpha value is -0.390. The first-order valence-electron chi connectivity index (χ1n) is 3.64. The lowest BCUT2D eigenvalue weighted by Gasteiger charge is -2.04. The zero-order valence-corrected chi connectivity index (χ0v) is 9.52. The van der Waals surface area contributed by atoms with Gasteiger partial charge in [-0.1, -0.05) is 22.0 Å². The molecule has 0 atom stereocenters. The first kappa shape index (κ1) is 10.7. The monoisotopic (exact) mass is 263 g/mol. The molecule has 1 aromatic rings. The highest BCUT2D eigenvalue weighted by atomic mass is 79.9. The first-order chi connectivity index (χ1) is 5.88. The molecule has 0 fully saturated rings. The number of primary sulfonamides is 1. The maximum atomic E-state index is 10.8. The van der Waals surface area contributed by atoms with Gasteiger partial charge in [-0.05, 0) is 30.2 Å². The van der Waals surface area contributed by atoms with Gasteiger partial charge in [-0.3, -0.25) is 0 Å². The van der Waals surface area contributed by atoms with Crippen molar-refractivity contribution in [3.8, 4) is 0 Å². The highest BCUT2D eigenvalue weighted by Gasteiger charge is 2.07. The van der Waals surface area contributed by atoms with Crippen molar-refractivity contribution < 1.29 is 8.42 Å². The Morgan fingerprint density at radius 2 is 2.08 bits per heavy atom. The molecule has 13 heavy (non-hydrogen) atoms. The highest BCUT2D eigenvalue weighted by molar-refractivity contribution is 9.10. The third kappa shape index (κ3) is 3.46. The van der Waals surface area contributed by atoms with E-state index in [4.69, 9.17) is 5.14 Å². The summed E-state index contributed by atoms with van der Waals surface area (Å²) in [4.78, 5) is 0. The summed E-state index contributed by atoms with van der Waals surface area (Å²) in [7, 11) is -3.44. The molecule has 0 aliphatic carbocycles. The molecule has 0 unspecified atom stereocenters. The quantitative estimate of drug-likeness (QED) is 0.880. The second kappa shape index (κ2) is 3.77. The van der Waals surface area contributed by atoms with Gasteiger partial charge >= 0.3 is 0 Å². The Bertz CT molecular complexity index is 414. The molecule has 0 radical (unpaired) electrons. The van der Waals surface area contributed by atoms with Crippen molar-refractivity contribution in [3.63, 3.8) is 0 Å². The standard InChI is InChI=1S/C8H10BrNO2S/c1-6-2-3-8(9)4-7(6)5-13(10,11)12/h2-4H,5H2,1H3,(H2,10,11,12). The summed E-state index contributed by atoms with van der Waals surface area (Å²) in [6.07, 6.45) is 0. The Morgan fingerprint density at radius 3 is 2.62 bits per heavy atom. The van der Waals surface area contributed by atoms with Gasteiger partial charge in [-0.15, -0.1) is 0 Å². The lowest BCUT2D eigenvalue weighted by Crippen LogP contribution is -2.15. The predicted octanol–water partition coefficient (Wildman–Crippen LogP) is 1.55. The van der Waals surface area contributed by atoms with Gasteiger partial charge in [0.05, 0.1) is 5.75 Å². The molecule has 0 heterocycles. The minimum absolute atomic E-state index is 0.113. The Labute approximate surface area is 86.1 Å². The van der Waals surface area contributed by atoms with Crippen LogP contribution in [0.15, 0.2) is 22.7 Å². The van der Waals surface area contributed by atoms with Crippen molar-refractivity contribution in [2.45, 2.75) is 12.7 Å². The normalized spacial score (nSPS) is 11.6. The summed E-state index contributed by atoms with van der Waals surface area (Å²) < 4.78 is 22.5. The van der Waals surface area contributed by atoms with Gasteiger partial charge in [0.2, 0.25) is 10.0 Å². The van der Waals surface area contributed by atoms with Crippen molar-refractivity contribution in [1.82, 2.24) is 0 Å². The smallest absolute Gasteiger partial charge is 0.213 e. The molecular weight excluding hydrogens is 254 g/mol. The fourth-order valence-corrected chi connectivity index (χ4v) is 2.17. The van der Waals surface area contributed by atoms with Gasteiger partial charge in [0.25, 0.3) is 0 Å². The van der Waals surface area contributed by atoms with Crippen molar-refractivity contribution in [2.75, 3.05) is 0 Å². The highest BCUT2D eigenvalue weighted by Crippen LogP contribution is 2.17. The van der Waals surface area contributed by atoms with E-state index in [1.807, 2.05) is 19.1 Å². The maximum Gasteiger partial charge on any atom is 0.213 e. The number of nitrogens with two attached hydrogens (primary N) is 1. The number of aryl methyl sites for hydroxylation is 1. The fraction of sp³-hybridized carbons (Fsp3) is 0.250. The van der Waals surface area contributed by atoms with E-state index in [-0.39, 0.29) is 5.75 Å². The average Bonchev–Trinajstić information content (AvgIpc) is 1.94. The van der Waals surface area contributed by atoms with Crippen molar-refractivity contribution in [1.29, 1.82) is 0 Å². The van der Waals surface area contributed by atoms with Gasteiger partial charge in [-0.25, -0.2) is 13.6 Å². The molecule has 0 saturated heterocycles. The third-order valence-electron chi connectivity index (χ3n) is 1.67. The van der Waals surface area contributed by atoms with Gasteiger partial charge in [0.15, 0.2) is 0 Å². The van der Waals surface area contributed by atoms with E-state index in [0.29, 0.717) is 0 Å². The molecule has 0 saturated carbocycles. The van der Waals surface area contributed by atoms with Crippen LogP contribution in [0.5, 0.6) is 0 Å². The Kier molecular flexibility index (Phi) is 3.10. The van der Waals surface area contributed by atoms with Crippen LogP contribution in [0.3, 0.4) is 0 Å². The second-order valence-corrected chi connectivity index (χ2v) is 5.41. The Balaban J connectivity index is 3.08. The zero-order chi connectivity index (χ0) is 10.1. The van der Waals surface area contributed by atoms with Crippen LogP contribution in [-0.2, 0) is 15.8 Å². The fourth-order valence-electron chi connectivity index (χ4n) is 1.01. The molecule has 0 amide bonds. The summed E-state index contributed by atoms with van der Waals surface area (Å²) in [6, 6.07) is 5.48. The van der Waals surface area contributed by atoms with Crippen LogP contribution >= 0.6 is 15.9 Å². The number of benzene rings is 1. The number of rotatable bonds is 2. The number of halogens is 1. The van der Waals surface area contributed by atoms with Gasteiger partial charge in [0, 0.05) is 4.47 Å². The molecule has 3 nitrogen and oxygen atoms in total. The minimum atomic E-state index is -3.44. The number of hydrogen-bond donors (Lipinski definition) is 1. The molecular formula is C8H10BrNO2S. The molecule has 0 spiro atoms.